The van der Waals surface area contributed by atoms with Gasteiger partial charge in [-0.3, -0.25) is 0 Å². The summed E-state index contributed by atoms with van der Waals surface area (Å²) in [5.41, 5.74) is 10.7. The Bertz CT molecular complexity index is 631. The van der Waals surface area contributed by atoms with E-state index in [0.717, 1.165) is 16.6 Å². The maximum atomic E-state index is 10.6. The first-order chi connectivity index (χ1) is 12.2. The number of carbonyl (C=O) groups is 1. The summed E-state index contributed by atoms with van der Waals surface area (Å²) in [5.74, 6) is -1.49. The Hall–Kier alpha value is -0.872. The first-order valence-electron chi connectivity index (χ1n) is 8.34. The van der Waals surface area contributed by atoms with E-state index in [2.05, 4.69) is 0 Å². The average Bonchev–Trinajstić information content (AvgIpc) is 2.54. The molecule has 0 amide bonds. The number of nitrogens with zero attached hydrogens (tertiary/aromatic N) is 1. The number of hydrogen-bond donors (Lipinski definition) is 2. The number of carboxylic acid groups (broad SMARTS) is 1. The van der Waals surface area contributed by atoms with Crippen molar-refractivity contribution in [2.24, 2.45) is 11.5 Å². The number of aryl methyl sites for hydroxylation is 1. The summed E-state index contributed by atoms with van der Waals surface area (Å²) >= 11 is 0. The minimum absolute atomic E-state index is 0. The summed E-state index contributed by atoms with van der Waals surface area (Å²) in [5, 5.41) is 20.7. The number of carboxylic acids is 1. The van der Waals surface area contributed by atoms with Crippen molar-refractivity contribution in [3.05, 3.63) is 29.8 Å². The Morgan fingerprint density at radius 1 is 1.11 bits per heavy atom. The Kier molecular flexibility index (Phi) is 18.2. The quantitative estimate of drug-likeness (QED) is 0.261. The number of benzene rings is 1. The van der Waals surface area contributed by atoms with Crippen molar-refractivity contribution in [3.8, 4) is 0 Å². The molecule has 1 aromatic carbocycles. The minimum Gasteiger partial charge on any atom is -0.848 e. The van der Waals surface area contributed by atoms with Crippen LogP contribution in [0.15, 0.2) is 29.2 Å². The predicted molar refractivity (Wildman–Crippen MR) is 98.2 cm³/mol. The molecule has 1 aromatic rings. The third kappa shape index (κ3) is 19.9. The van der Waals surface area contributed by atoms with Crippen LogP contribution in [0, 0.1) is 6.92 Å². The van der Waals surface area contributed by atoms with Gasteiger partial charge in [-0.2, -0.15) is 0 Å². The van der Waals surface area contributed by atoms with Crippen LogP contribution in [-0.4, -0.2) is 70.3 Å². The van der Waals surface area contributed by atoms with Crippen molar-refractivity contribution in [3.63, 3.8) is 0 Å². The van der Waals surface area contributed by atoms with Gasteiger partial charge in [0.1, 0.15) is 10.1 Å². The first kappa shape index (κ1) is 31.8. The normalized spacial score (nSPS) is 11.7. The SMILES string of the molecule is C[N+](C)(C)CCCC([O-])C(=O)[O-].Cc1ccc(S(=O)(=O)[O-])cc1.NCCN.[Pt+2]. The Morgan fingerprint density at radius 3 is 1.82 bits per heavy atom. The molecule has 0 aliphatic heterocycles. The molecule has 0 aliphatic rings. The van der Waals surface area contributed by atoms with Gasteiger partial charge in [0.15, 0.2) is 0 Å². The summed E-state index contributed by atoms with van der Waals surface area (Å²) in [6.07, 6.45) is -0.764. The van der Waals surface area contributed by atoms with Crippen LogP contribution in [0.2, 0.25) is 0 Å². The number of carbonyl (C=O) groups excluding carboxylic acids is 1. The third-order valence-electron chi connectivity index (χ3n) is 3.03. The molecule has 0 spiro atoms. The largest absolute Gasteiger partial charge is 2.00 e. The number of quaternary nitrogens is 1. The molecule has 9 nitrogen and oxygen atoms in total. The smallest absolute Gasteiger partial charge is 0.848 e. The molecule has 0 aromatic heterocycles. The van der Waals surface area contributed by atoms with Crippen LogP contribution in [0.5, 0.6) is 0 Å². The Balaban J connectivity index is -0.000000365. The van der Waals surface area contributed by atoms with Crippen molar-refractivity contribution in [1.29, 1.82) is 0 Å². The number of aliphatic carboxylic acids is 1. The van der Waals surface area contributed by atoms with E-state index in [0.29, 0.717) is 19.5 Å². The summed E-state index contributed by atoms with van der Waals surface area (Å²) in [6, 6.07) is 5.78. The number of rotatable bonds is 7. The van der Waals surface area contributed by atoms with E-state index in [4.69, 9.17) is 11.5 Å². The van der Waals surface area contributed by atoms with Crippen LogP contribution in [0.4, 0.5) is 0 Å². The maximum absolute atomic E-state index is 10.6. The predicted octanol–water partition coefficient (Wildman–Crippen LogP) is -2.25. The molecular formula is C17H31N3O6PtS. The second-order valence-electron chi connectivity index (χ2n) is 6.81. The molecule has 166 valence electrons. The van der Waals surface area contributed by atoms with Gasteiger partial charge < -0.3 is 35.5 Å². The zero-order valence-corrected chi connectivity index (χ0v) is 19.8. The van der Waals surface area contributed by atoms with Crippen molar-refractivity contribution >= 4 is 16.1 Å². The van der Waals surface area contributed by atoms with Gasteiger partial charge in [0.25, 0.3) is 0 Å². The molecule has 0 radical (unpaired) electrons. The standard InChI is InChI=1S/C8H17NO3.C7H8O3S.C2H8N2.Pt/c1-9(2,3)6-4-5-7(10)8(11)12;1-6-2-4-7(5-3-6)11(8,9)10;3-1-2-4;/h7H,4-6H2,1-3H3,(H,11,12);2-5H,1H3,(H,8,9,10);1-4H2;/q;;;+2/p-2. The fourth-order valence-corrected chi connectivity index (χ4v) is 2.04. The molecule has 0 saturated carbocycles. The van der Waals surface area contributed by atoms with E-state index in [-0.39, 0.29) is 32.4 Å². The Labute approximate surface area is 182 Å². The Morgan fingerprint density at radius 2 is 1.54 bits per heavy atom. The molecule has 11 heteroatoms. The zero-order chi connectivity index (χ0) is 21.7. The monoisotopic (exact) mass is 600 g/mol. The molecule has 1 rings (SSSR count). The van der Waals surface area contributed by atoms with Crippen LogP contribution in [0.1, 0.15) is 18.4 Å². The molecule has 0 fully saturated rings. The summed E-state index contributed by atoms with van der Waals surface area (Å²) < 4.78 is 31.9. The summed E-state index contributed by atoms with van der Waals surface area (Å²) in [6.45, 7) is 3.83. The van der Waals surface area contributed by atoms with Crippen molar-refractivity contribution in [2.45, 2.75) is 30.8 Å². The van der Waals surface area contributed by atoms with Gasteiger partial charge in [0.2, 0.25) is 0 Å². The van der Waals surface area contributed by atoms with Gasteiger partial charge in [-0.25, -0.2) is 8.42 Å². The molecule has 1 unspecified atom stereocenters. The summed E-state index contributed by atoms with van der Waals surface area (Å²) in [7, 11) is 1.73. The van der Waals surface area contributed by atoms with Gasteiger partial charge in [0, 0.05) is 19.1 Å². The van der Waals surface area contributed by atoms with Gasteiger partial charge >= 0.3 is 21.1 Å². The molecule has 0 bridgehead atoms. The fourth-order valence-electron chi connectivity index (χ4n) is 1.57. The van der Waals surface area contributed by atoms with E-state index in [1.54, 1.807) is 12.1 Å². The second-order valence-corrected chi connectivity index (χ2v) is 8.19. The van der Waals surface area contributed by atoms with Crippen molar-refractivity contribution < 1.29 is 53.5 Å². The van der Waals surface area contributed by atoms with Crippen LogP contribution in [0.3, 0.4) is 0 Å². The summed E-state index contributed by atoms with van der Waals surface area (Å²) in [4.78, 5) is 9.85. The van der Waals surface area contributed by atoms with E-state index >= 15 is 0 Å². The van der Waals surface area contributed by atoms with Crippen molar-refractivity contribution in [1.82, 2.24) is 0 Å². The van der Waals surface area contributed by atoms with E-state index in [1.165, 1.54) is 12.1 Å². The van der Waals surface area contributed by atoms with E-state index < -0.39 is 22.2 Å². The first-order valence-corrected chi connectivity index (χ1v) is 9.75. The van der Waals surface area contributed by atoms with Crippen LogP contribution >= 0.6 is 0 Å². The molecule has 28 heavy (non-hydrogen) atoms. The van der Waals surface area contributed by atoms with Crippen LogP contribution < -0.4 is 21.7 Å². The topological polar surface area (TPSA) is 172 Å². The van der Waals surface area contributed by atoms with Gasteiger partial charge in [-0.15, -0.1) is 0 Å². The molecule has 0 heterocycles. The average molecular weight is 601 g/mol. The zero-order valence-electron chi connectivity index (χ0n) is 16.7. The van der Waals surface area contributed by atoms with Crippen LogP contribution in [0.25, 0.3) is 0 Å². The molecule has 1 atom stereocenters. The van der Waals surface area contributed by atoms with E-state index in [9.17, 15) is 28.0 Å². The molecule has 4 N–H and O–H groups in total. The minimum atomic E-state index is -4.27. The number of nitrogens with two attached hydrogens (primary N) is 2. The molecule has 0 aliphatic carbocycles. The van der Waals surface area contributed by atoms with Gasteiger partial charge in [0.05, 0.1) is 32.6 Å². The van der Waals surface area contributed by atoms with Crippen molar-refractivity contribution in [2.75, 3.05) is 40.8 Å². The van der Waals surface area contributed by atoms with Gasteiger partial charge in [-0.1, -0.05) is 30.2 Å². The van der Waals surface area contributed by atoms with E-state index in [1.807, 2.05) is 28.1 Å². The maximum Gasteiger partial charge on any atom is 2.00 e. The molecule has 0 saturated heterocycles. The number of hydrogen-bond acceptors (Lipinski definition) is 8. The third-order valence-corrected chi connectivity index (χ3v) is 3.88. The second kappa shape index (κ2) is 16.0. The van der Waals surface area contributed by atoms with Gasteiger partial charge in [-0.05, 0) is 25.5 Å². The molecular weight excluding hydrogens is 569 g/mol. The van der Waals surface area contributed by atoms with Crippen LogP contribution in [-0.2, 0) is 36.0 Å². The fraction of sp³-hybridized carbons (Fsp3) is 0.588.